The van der Waals surface area contributed by atoms with Crippen LogP contribution in [0.15, 0.2) is 59.6 Å². The van der Waals surface area contributed by atoms with E-state index in [9.17, 15) is 4.39 Å². The predicted octanol–water partition coefficient (Wildman–Crippen LogP) is 3.88. The molecular weight excluding hydrogens is 295 g/mol. The van der Waals surface area contributed by atoms with Gasteiger partial charge in [-0.2, -0.15) is 0 Å². The summed E-state index contributed by atoms with van der Waals surface area (Å²) in [6, 6.07) is 17.4. The van der Waals surface area contributed by atoms with Crippen molar-refractivity contribution >= 4 is 16.9 Å². The zero-order valence-electron chi connectivity index (χ0n) is 12.2. The summed E-state index contributed by atoms with van der Waals surface area (Å²) >= 11 is 1.83. The van der Waals surface area contributed by atoms with Gasteiger partial charge in [-0.05, 0) is 29.7 Å². The lowest BCUT2D eigenvalue weighted by Gasteiger charge is -2.42. The number of rotatable bonds is 2. The first kappa shape index (κ1) is 13.8. The third kappa shape index (κ3) is 2.05. The summed E-state index contributed by atoms with van der Waals surface area (Å²) in [6.07, 6.45) is 1.15. The summed E-state index contributed by atoms with van der Waals surface area (Å²) in [4.78, 5) is 7.20. The lowest BCUT2D eigenvalue weighted by molar-refractivity contribution is 0.254. The molecule has 1 atom stereocenters. The Kier molecular flexibility index (Phi) is 3.41. The van der Waals surface area contributed by atoms with Crippen LogP contribution < -0.4 is 0 Å². The molecule has 0 spiro atoms. The lowest BCUT2D eigenvalue weighted by atomic mass is 9.82. The van der Waals surface area contributed by atoms with Gasteiger partial charge in [-0.1, -0.05) is 54.2 Å². The SMILES string of the molecule is Fc1ccc(C2(c3ccccc3)CN=C3SCCCN32)cc1. The number of halogens is 1. The molecule has 0 aliphatic carbocycles. The van der Waals surface area contributed by atoms with E-state index in [4.69, 9.17) is 4.99 Å². The molecule has 112 valence electrons. The van der Waals surface area contributed by atoms with Crippen LogP contribution in [0, 0.1) is 5.82 Å². The molecular formula is C18H17FN2S. The van der Waals surface area contributed by atoms with E-state index in [1.807, 2.05) is 30.0 Å². The van der Waals surface area contributed by atoms with Gasteiger partial charge in [-0.3, -0.25) is 4.99 Å². The lowest BCUT2D eigenvalue weighted by Crippen LogP contribution is -2.49. The molecule has 0 saturated carbocycles. The van der Waals surface area contributed by atoms with Gasteiger partial charge in [0.2, 0.25) is 0 Å². The van der Waals surface area contributed by atoms with Gasteiger partial charge in [0.25, 0.3) is 0 Å². The third-order valence-corrected chi connectivity index (χ3v) is 5.57. The molecule has 22 heavy (non-hydrogen) atoms. The second-order valence-electron chi connectivity index (χ2n) is 5.69. The summed E-state index contributed by atoms with van der Waals surface area (Å²) in [7, 11) is 0. The maximum Gasteiger partial charge on any atom is 0.160 e. The monoisotopic (exact) mass is 312 g/mol. The molecule has 2 nitrogen and oxygen atoms in total. The van der Waals surface area contributed by atoms with Crippen LogP contribution in [-0.4, -0.2) is 28.9 Å². The first-order valence-electron chi connectivity index (χ1n) is 7.57. The van der Waals surface area contributed by atoms with E-state index in [1.165, 1.54) is 5.56 Å². The Hall–Kier alpha value is -1.81. The molecule has 0 aromatic heterocycles. The molecule has 0 amide bonds. The van der Waals surface area contributed by atoms with Crippen molar-refractivity contribution in [3.63, 3.8) is 0 Å². The average molecular weight is 312 g/mol. The molecule has 0 N–H and O–H groups in total. The third-order valence-electron chi connectivity index (χ3n) is 4.47. The Morgan fingerprint density at radius 2 is 1.73 bits per heavy atom. The van der Waals surface area contributed by atoms with Crippen molar-refractivity contribution in [2.45, 2.75) is 12.0 Å². The zero-order chi connectivity index (χ0) is 15.0. The normalized spacial score (nSPS) is 24.0. The maximum atomic E-state index is 13.4. The van der Waals surface area contributed by atoms with Gasteiger partial charge in [0.1, 0.15) is 11.4 Å². The number of amidine groups is 1. The minimum Gasteiger partial charge on any atom is -0.336 e. The van der Waals surface area contributed by atoms with Crippen LogP contribution in [0.5, 0.6) is 0 Å². The first-order chi connectivity index (χ1) is 10.8. The van der Waals surface area contributed by atoms with Crippen LogP contribution in [0.4, 0.5) is 4.39 Å². The molecule has 1 unspecified atom stereocenters. The molecule has 2 aromatic rings. The minimum absolute atomic E-state index is 0.195. The van der Waals surface area contributed by atoms with E-state index in [2.05, 4.69) is 29.2 Å². The second kappa shape index (κ2) is 5.43. The Labute approximate surface area is 134 Å². The Bertz CT molecular complexity index is 699. The number of benzene rings is 2. The van der Waals surface area contributed by atoms with E-state index in [0.29, 0.717) is 6.54 Å². The molecule has 2 aromatic carbocycles. The summed E-state index contributed by atoms with van der Waals surface area (Å²) in [5.41, 5.74) is 2.04. The summed E-state index contributed by atoms with van der Waals surface area (Å²) < 4.78 is 13.4. The van der Waals surface area contributed by atoms with Gasteiger partial charge < -0.3 is 4.90 Å². The summed E-state index contributed by atoms with van der Waals surface area (Å²) in [5, 5.41) is 1.12. The second-order valence-corrected chi connectivity index (χ2v) is 6.75. The fraction of sp³-hybridized carbons (Fsp3) is 0.278. The van der Waals surface area contributed by atoms with Crippen molar-refractivity contribution in [2.24, 2.45) is 4.99 Å². The highest BCUT2D eigenvalue weighted by Gasteiger charge is 2.46. The van der Waals surface area contributed by atoms with Crippen LogP contribution in [0.1, 0.15) is 17.5 Å². The van der Waals surface area contributed by atoms with Crippen LogP contribution >= 0.6 is 11.8 Å². The summed E-state index contributed by atoms with van der Waals surface area (Å²) in [6.45, 7) is 1.70. The van der Waals surface area contributed by atoms with Crippen LogP contribution in [-0.2, 0) is 5.54 Å². The molecule has 2 aliphatic rings. The van der Waals surface area contributed by atoms with Gasteiger partial charge in [0.15, 0.2) is 5.17 Å². The largest absolute Gasteiger partial charge is 0.336 e. The standard InChI is InChI=1S/C18H17FN2S/c19-16-9-7-15(8-10-16)18(14-5-2-1-3-6-14)13-20-17-21(18)11-4-12-22-17/h1-3,5-10H,4,11-13H2. The van der Waals surface area contributed by atoms with Gasteiger partial charge >= 0.3 is 0 Å². The number of thioether (sulfide) groups is 1. The first-order valence-corrected chi connectivity index (χ1v) is 8.56. The van der Waals surface area contributed by atoms with Crippen molar-refractivity contribution in [2.75, 3.05) is 18.8 Å². The van der Waals surface area contributed by atoms with Crippen molar-refractivity contribution in [3.05, 3.63) is 71.5 Å². The Balaban J connectivity index is 1.88. The molecule has 4 heteroatoms. The van der Waals surface area contributed by atoms with Crippen LogP contribution in [0.25, 0.3) is 0 Å². The molecule has 2 heterocycles. The van der Waals surface area contributed by atoms with E-state index in [-0.39, 0.29) is 11.4 Å². The van der Waals surface area contributed by atoms with Gasteiger partial charge in [0.05, 0.1) is 6.54 Å². The fourth-order valence-electron chi connectivity index (χ4n) is 3.41. The number of hydrogen-bond acceptors (Lipinski definition) is 3. The molecule has 4 rings (SSSR count). The van der Waals surface area contributed by atoms with Crippen molar-refractivity contribution in [1.29, 1.82) is 0 Å². The van der Waals surface area contributed by atoms with Crippen LogP contribution in [0.3, 0.4) is 0 Å². The van der Waals surface area contributed by atoms with E-state index >= 15 is 0 Å². The van der Waals surface area contributed by atoms with Gasteiger partial charge in [-0.15, -0.1) is 0 Å². The van der Waals surface area contributed by atoms with Crippen LogP contribution in [0.2, 0.25) is 0 Å². The zero-order valence-corrected chi connectivity index (χ0v) is 13.0. The number of aliphatic imine (C=N–C) groups is 1. The van der Waals surface area contributed by atoms with E-state index in [0.717, 1.165) is 29.4 Å². The highest BCUT2D eigenvalue weighted by molar-refractivity contribution is 8.13. The smallest absolute Gasteiger partial charge is 0.160 e. The van der Waals surface area contributed by atoms with Crippen molar-refractivity contribution in [1.82, 2.24) is 4.90 Å². The Morgan fingerprint density at radius 1 is 1.00 bits per heavy atom. The van der Waals surface area contributed by atoms with Gasteiger partial charge in [-0.25, -0.2) is 4.39 Å². The van der Waals surface area contributed by atoms with E-state index < -0.39 is 0 Å². The number of hydrogen-bond donors (Lipinski definition) is 0. The quantitative estimate of drug-likeness (QED) is 0.836. The highest BCUT2D eigenvalue weighted by Crippen LogP contribution is 2.43. The van der Waals surface area contributed by atoms with Crippen molar-refractivity contribution in [3.8, 4) is 0 Å². The topological polar surface area (TPSA) is 15.6 Å². The Morgan fingerprint density at radius 3 is 2.50 bits per heavy atom. The van der Waals surface area contributed by atoms with E-state index in [1.54, 1.807) is 12.1 Å². The number of nitrogens with zero attached hydrogens (tertiary/aromatic N) is 2. The number of fused-ring (bicyclic) bond motifs is 1. The molecule has 0 radical (unpaired) electrons. The van der Waals surface area contributed by atoms with Crippen molar-refractivity contribution < 1.29 is 4.39 Å². The molecule has 1 fully saturated rings. The maximum absolute atomic E-state index is 13.4. The van der Waals surface area contributed by atoms with Gasteiger partial charge in [0, 0.05) is 12.3 Å². The average Bonchev–Trinajstić information content (AvgIpc) is 2.97. The predicted molar refractivity (Wildman–Crippen MR) is 89.7 cm³/mol. The fourth-order valence-corrected chi connectivity index (χ4v) is 4.43. The minimum atomic E-state index is -0.294. The summed E-state index contributed by atoms with van der Waals surface area (Å²) in [5.74, 6) is 0.933. The molecule has 0 bridgehead atoms. The molecule has 1 saturated heterocycles. The molecule has 2 aliphatic heterocycles. The highest BCUT2D eigenvalue weighted by atomic mass is 32.2.